The molecule has 0 aliphatic carbocycles. The first-order chi connectivity index (χ1) is 12.0. The summed E-state index contributed by atoms with van der Waals surface area (Å²) in [6.45, 7) is 2.35. The Morgan fingerprint density at radius 1 is 1.32 bits per heavy atom. The molecule has 0 saturated carbocycles. The summed E-state index contributed by atoms with van der Waals surface area (Å²) in [6, 6.07) is 7.35. The van der Waals surface area contributed by atoms with Crippen molar-refractivity contribution < 1.29 is 24.5 Å². The number of fused-ring (bicyclic) bond motifs is 1. The van der Waals surface area contributed by atoms with Crippen LogP contribution in [0.15, 0.2) is 24.3 Å². The van der Waals surface area contributed by atoms with Gasteiger partial charge in [-0.15, -0.1) is 0 Å². The van der Waals surface area contributed by atoms with Crippen LogP contribution in [0.3, 0.4) is 0 Å². The Morgan fingerprint density at radius 3 is 2.88 bits per heavy atom. The van der Waals surface area contributed by atoms with Crippen LogP contribution in [0, 0.1) is 5.41 Å². The van der Waals surface area contributed by atoms with Crippen LogP contribution in [-0.2, 0) is 16.1 Å². The number of para-hydroxylation sites is 1. The van der Waals surface area contributed by atoms with Crippen LogP contribution in [0.2, 0.25) is 0 Å². The zero-order chi connectivity index (χ0) is 17.9. The number of carboxylic acid groups (broad SMARTS) is 2. The Bertz CT molecular complexity index is 650. The van der Waals surface area contributed by atoms with E-state index in [1.54, 1.807) is 12.1 Å². The number of piperidine rings is 2. The summed E-state index contributed by atoms with van der Waals surface area (Å²) >= 11 is 0. The van der Waals surface area contributed by atoms with E-state index in [2.05, 4.69) is 10.2 Å². The zero-order valence-electron chi connectivity index (χ0n) is 14.1. The largest absolute Gasteiger partial charge is 0.482 e. The molecular weight excluding hydrogens is 324 g/mol. The van der Waals surface area contributed by atoms with Crippen molar-refractivity contribution in [1.82, 2.24) is 10.2 Å². The van der Waals surface area contributed by atoms with Gasteiger partial charge in [0.15, 0.2) is 6.61 Å². The first kappa shape index (κ1) is 17.7. The van der Waals surface area contributed by atoms with Crippen molar-refractivity contribution in [2.24, 2.45) is 5.41 Å². The van der Waals surface area contributed by atoms with E-state index < -0.39 is 17.4 Å². The molecule has 2 fully saturated rings. The van der Waals surface area contributed by atoms with Gasteiger partial charge in [0.2, 0.25) is 0 Å². The van der Waals surface area contributed by atoms with Gasteiger partial charge in [0.1, 0.15) is 5.75 Å². The molecule has 2 atom stereocenters. The summed E-state index contributed by atoms with van der Waals surface area (Å²) in [7, 11) is 0. The Labute approximate surface area is 146 Å². The molecule has 7 heteroatoms. The Hall–Kier alpha value is -2.12. The lowest BCUT2D eigenvalue weighted by molar-refractivity contribution is -0.157. The van der Waals surface area contributed by atoms with Gasteiger partial charge in [-0.2, -0.15) is 0 Å². The smallest absolute Gasteiger partial charge is 0.341 e. The molecule has 2 saturated heterocycles. The number of nitrogens with zero attached hydrogens (tertiary/aromatic N) is 1. The maximum Gasteiger partial charge on any atom is 0.341 e. The maximum absolute atomic E-state index is 12.0. The number of carbonyl (C=O) groups is 2. The number of nitrogens with one attached hydrogen (secondary N) is 1. The molecule has 2 aliphatic heterocycles. The summed E-state index contributed by atoms with van der Waals surface area (Å²) in [5.41, 5.74) is 0.138. The highest BCUT2D eigenvalue weighted by Crippen LogP contribution is 2.38. The summed E-state index contributed by atoms with van der Waals surface area (Å²) in [5.74, 6) is -1.21. The van der Waals surface area contributed by atoms with Gasteiger partial charge in [-0.05, 0) is 31.9 Å². The number of rotatable bonds is 6. The molecule has 0 radical (unpaired) electrons. The quantitative estimate of drug-likeness (QED) is 0.710. The Morgan fingerprint density at radius 2 is 2.12 bits per heavy atom. The van der Waals surface area contributed by atoms with Gasteiger partial charge in [0.05, 0.1) is 5.41 Å². The molecule has 2 aliphatic rings. The van der Waals surface area contributed by atoms with E-state index in [9.17, 15) is 14.7 Å². The van der Waals surface area contributed by atoms with Crippen LogP contribution in [0.1, 0.15) is 24.8 Å². The predicted octanol–water partition coefficient (Wildman–Crippen LogP) is 1.18. The molecule has 25 heavy (non-hydrogen) atoms. The first-order valence-corrected chi connectivity index (χ1v) is 8.63. The van der Waals surface area contributed by atoms with Crippen LogP contribution in [0.5, 0.6) is 5.75 Å². The van der Waals surface area contributed by atoms with Crippen molar-refractivity contribution in [2.45, 2.75) is 31.8 Å². The number of aliphatic carboxylic acids is 2. The lowest BCUT2D eigenvalue weighted by atomic mass is 9.70. The highest BCUT2D eigenvalue weighted by Gasteiger charge is 2.50. The van der Waals surface area contributed by atoms with Crippen molar-refractivity contribution in [3.8, 4) is 5.75 Å². The number of hydrogen-bond donors (Lipinski definition) is 3. The number of benzene rings is 1. The van der Waals surface area contributed by atoms with Gasteiger partial charge in [0.25, 0.3) is 0 Å². The van der Waals surface area contributed by atoms with Crippen molar-refractivity contribution in [2.75, 3.05) is 26.2 Å². The fourth-order valence-corrected chi connectivity index (χ4v) is 4.02. The number of carboxylic acids is 2. The van der Waals surface area contributed by atoms with Gasteiger partial charge in [-0.25, -0.2) is 4.79 Å². The minimum Gasteiger partial charge on any atom is -0.482 e. The lowest BCUT2D eigenvalue weighted by Gasteiger charge is -2.48. The standard InChI is InChI=1S/C18H24N2O5/c21-16(22)11-25-14-5-2-1-4-13(14)10-20-9-6-15-18(12-20,17(23)24)7-3-8-19-15/h1-2,4-5,15,19H,3,6-12H2,(H,21,22)(H,23,24)/t15-,18+/m1/s1. The Kier molecular flexibility index (Phi) is 5.24. The molecule has 0 unspecified atom stereocenters. The fraction of sp³-hybridized carbons (Fsp3) is 0.556. The molecular formula is C18H24N2O5. The molecule has 3 rings (SSSR count). The SMILES string of the molecule is O=C(O)COc1ccccc1CN1CC[C@H]2NCCC[C@]2(C(=O)O)C1. The van der Waals surface area contributed by atoms with Crippen molar-refractivity contribution in [3.05, 3.63) is 29.8 Å². The maximum atomic E-state index is 12.0. The van der Waals surface area contributed by atoms with Gasteiger partial charge < -0.3 is 20.3 Å². The molecule has 2 heterocycles. The summed E-state index contributed by atoms with van der Waals surface area (Å²) in [6.07, 6.45) is 2.35. The highest BCUT2D eigenvalue weighted by atomic mass is 16.5. The monoisotopic (exact) mass is 348 g/mol. The average Bonchev–Trinajstić information content (AvgIpc) is 2.60. The van der Waals surface area contributed by atoms with Crippen LogP contribution >= 0.6 is 0 Å². The third kappa shape index (κ3) is 3.77. The molecule has 0 bridgehead atoms. The minimum absolute atomic E-state index is 0.0218. The third-order valence-corrected chi connectivity index (χ3v) is 5.24. The van der Waals surface area contributed by atoms with E-state index in [0.29, 0.717) is 25.3 Å². The van der Waals surface area contributed by atoms with Crippen LogP contribution < -0.4 is 10.1 Å². The van der Waals surface area contributed by atoms with Crippen LogP contribution in [-0.4, -0.2) is 59.3 Å². The first-order valence-electron chi connectivity index (χ1n) is 8.63. The second-order valence-corrected chi connectivity index (χ2v) is 6.86. The summed E-state index contributed by atoms with van der Waals surface area (Å²) in [5, 5.41) is 22.0. The van der Waals surface area contributed by atoms with Crippen molar-refractivity contribution in [3.63, 3.8) is 0 Å². The van der Waals surface area contributed by atoms with E-state index in [0.717, 1.165) is 31.5 Å². The van der Waals surface area contributed by atoms with Crippen LogP contribution in [0.4, 0.5) is 0 Å². The Balaban J connectivity index is 1.73. The molecule has 0 spiro atoms. The molecule has 0 aromatic heterocycles. The van der Waals surface area contributed by atoms with Gasteiger partial charge in [0, 0.05) is 31.2 Å². The van der Waals surface area contributed by atoms with Crippen molar-refractivity contribution >= 4 is 11.9 Å². The average molecular weight is 348 g/mol. The molecule has 1 aromatic carbocycles. The highest BCUT2D eigenvalue weighted by molar-refractivity contribution is 5.76. The van der Waals surface area contributed by atoms with E-state index in [1.165, 1.54) is 0 Å². The van der Waals surface area contributed by atoms with E-state index >= 15 is 0 Å². The minimum atomic E-state index is -1.02. The second-order valence-electron chi connectivity index (χ2n) is 6.86. The molecule has 7 nitrogen and oxygen atoms in total. The summed E-state index contributed by atoms with van der Waals surface area (Å²) < 4.78 is 5.36. The number of hydrogen-bond acceptors (Lipinski definition) is 5. The van der Waals surface area contributed by atoms with E-state index in [-0.39, 0.29) is 12.6 Å². The lowest BCUT2D eigenvalue weighted by Crippen LogP contribution is -2.62. The fourth-order valence-electron chi connectivity index (χ4n) is 4.02. The van der Waals surface area contributed by atoms with Gasteiger partial charge in [-0.1, -0.05) is 18.2 Å². The molecule has 0 amide bonds. The predicted molar refractivity (Wildman–Crippen MR) is 90.6 cm³/mol. The van der Waals surface area contributed by atoms with Gasteiger partial charge >= 0.3 is 11.9 Å². The second kappa shape index (κ2) is 7.41. The number of likely N-dealkylation sites (tertiary alicyclic amines) is 1. The zero-order valence-corrected chi connectivity index (χ0v) is 14.1. The topological polar surface area (TPSA) is 99.1 Å². The van der Waals surface area contributed by atoms with E-state index in [4.69, 9.17) is 9.84 Å². The summed E-state index contributed by atoms with van der Waals surface area (Å²) in [4.78, 5) is 24.9. The van der Waals surface area contributed by atoms with Gasteiger partial charge in [-0.3, -0.25) is 9.69 Å². The molecule has 3 N–H and O–H groups in total. The third-order valence-electron chi connectivity index (χ3n) is 5.24. The van der Waals surface area contributed by atoms with Crippen molar-refractivity contribution in [1.29, 1.82) is 0 Å². The molecule has 136 valence electrons. The normalized spacial score (nSPS) is 26.6. The number of ether oxygens (including phenoxy) is 1. The van der Waals surface area contributed by atoms with E-state index in [1.807, 2.05) is 12.1 Å². The molecule has 1 aromatic rings. The van der Waals surface area contributed by atoms with Crippen LogP contribution in [0.25, 0.3) is 0 Å².